The standard InChI is InChI=1S/C14H27N3O/c1-13-6-4-11-17(12-13)14(18)15-7-5-10-16-8-2-3-9-16/h13H,2-12H2,1H3,(H,15,18). The summed E-state index contributed by atoms with van der Waals surface area (Å²) >= 11 is 0. The van der Waals surface area contributed by atoms with E-state index in [0.717, 1.165) is 39.0 Å². The second kappa shape index (κ2) is 6.98. The number of carbonyl (C=O) groups is 1. The summed E-state index contributed by atoms with van der Waals surface area (Å²) in [7, 11) is 0. The Balaban J connectivity index is 1.56. The SMILES string of the molecule is CC1CCCN(C(=O)NCCCN2CCCC2)C1. The first-order valence-electron chi connectivity index (χ1n) is 7.51. The minimum absolute atomic E-state index is 0.142. The molecule has 18 heavy (non-hydrogen) atoms. The van der Waals surface area contributed by atoms with Gasteiger partial charge in [0.05, 0.1) is 0 Å². The van der Waals surface area contributed by atoms with Gasteiger partial charge in [-0.2, -0.15) is 0 Å². The van der Waals surface area contributed by atoms with Crippen molar-refractivity contribution in [3.8, 4) is 0 Å². The number of nitrogens with one attached hydrogen (secondary N) is 1. The molecular weight excluding hydrogens is 226 g/mol. The third-order valence-electron chi connectivity index (χ3n) is 4.07. The van der Waals surface area contributed by atoms with Crippen molar-refractivity contribution < 1.29 is 4.79 Å². The Morgan fingerprint density at radius 1 is 1.22 bits per heavy atom. The molecule has 0 aromatic heterocycles. The summed E-state index contributed by atoms with van der Waals surface area (Å²) in [4.78, 5) is 16.4. The lowest BCUT2D eigenvalue weighted by atomic mass is 10.0. The Hall–Kier alpha value is -0.770. The van der Waals surface area contributed by atoms with E-state index in [-0.39, 0.29) is 6.03 Å². The number of amides is 2. The summed E-state index contributed by atoms with van der Waals surface area (Å²) in [5, 5.41) is 3.06. The van der Waals surface area contributed by atoms with Gasteiger partial charge in [0.1, 0.15) is 0 Å². The van der Waals surface area contributed by atoms with Crippen molar-refractivity contribution in [3.63, 3.8) is 0 Å². The summed E-state index contributed by atoms with van der Waals surface area (Å²) in [6.07, 6.45) is 6.19. The highest BCUT2D eigenvalue weighted by Crippen LogP contribution is 2.15. The van der Waals surface area contributed by atoms with Crippen LogP contribution in [0.2, 0.25) is 0 Å². The molecule has 104 valence electrons. The fourth-order valence-electron chi connectivity index (χ4n) is 2.99. The summed E-state index contributed by atoms with van der Waals surface area (Å²) in [5.74, 6) is 0.661. The molecule has 0 radical (unpaired) electrons. The molecule has 0 saturated carbocycles. The van der Waals surface area contributed by atoms with Gasteiger partial charge < -0.3 is 15.1 Å². The second-order valence-electron chi connectivity index (χ2n) is 5.83. The van der Waals surface area contributed by atoms with Crippen LogP contribution in [-0.2, 0) is 0 Å². The van der Waals surface area contributed by atoms with Crippen LogP contribution in [0.15, 0.2) is 0 Å². The van der Waals surface area contributed by atoms with Crippen LogP contribution in [0, 0.1) is 5.92 Å². The predicted molar refractivity (Wildman–Crippen MR) is 73.7 cm³/mol. The van der Waals surface area contributed by atoms with Crippen LogP contribution in [0.3, 0.4) is 0 Å². The molecule has 2 amide bonds. The predicted octanol–water partition coefficient (Wildman–Crippen LogP) is 1.91. The van der Waals surface area contributed by atoms with Crippen LogP contribution < -0.4 is 5.32 Å². The zero-order valence-corrected chi connectivity index (χ0v) is 11.7. The van der Waals surface area contributed by atoms with Crippen LogP contribution in [0.4, 0.5) is 4.79 Å². The topological polar surface area (TPSA) is 35.6 Å². The van der Waals surface area contributed by atoms with Crippen molar-refractivity contribution in [3.05, 3.63) is 0 Å². The van der Waals surface area contributed by atoms with E-state index in [1.807, 2.05) is 4.90 Å². The minimum atomic E-state index is 0.142. The fraction of sp³-hybridized carbons (Fsp3) is 0.929. The molecule has 2 rings (SSSR count). The molecule has 2 aliphatic heterocycles. The number of hydrogen-bond acceptors (Lipinski definition) is 2. The van der Waals surface area contributed by atoms with Crippen molar-refractivity contribution in [1.82, 2.24) is 15.1 Å². The third-order valence-corrected chi connectivity index (χ3v) is 4.07. The minimum Gasteiger partial charge on any atom is -0.338 e. The van der Waals surface area contributed by atoms with Crippen molar-refractivity contribution in [2.24, 2.45) is 5.92 Å². The quantitative estimate of drug-likeness (QED) is 0.777. The molecule has 2 aliphatic rings. The average molecular weight is 253 g/mol. The van der Waals surface area contributed by atoms with Gasteiger partial charge in [0.2, 0.25) is 0 Å². The van der Waals surface area contributed by atoms with Crippen molar-refractivity contribution in [2.45, 2.75) is 39.0 Å². The number of likely N-dealkylation sites (tertiary alicyclic amines) is 2. The van der Waals surface area contributed by atoms with Crippen LogP contribution in [0.1, 0.15) is 39.0 Å². The van der Waals surface area contributed by atoms with Gasteiger partial charge in [0, 0.05) is 19.6 Å². The lowest BCUT2D eigenvalue weighted by molar-refractivity contribution is 0.169. The van der Waals surface area contributed by atoms with E-state index < -0.39 is 0 Å². The van der Waals surface area contributed by atoms with Gasteiger partial charge in [-0.1, -0.05) is 6.92 Å². The van der Waals surface area contributed by atoms with Gasteiger partial charge in [-0.25, -0.2) is 4.79 Å². The van der Waals surface area contributed by atoms with E-state index in [4.69, 9.17) is 0 Å². The molecule has 2 fully saturated rings. The van der Waals surface area contributed by atoms with Gasteiger partial charge in [-0.3, -0.25) is 0 Å². The normalized spacial score (nSPS) is 25.4. The highest BCUT2D eigenvalue weighted by Gasteiger charge is 2.20. The lowest BCUT2D eigenvalue weighted by Crippen LogP contribution is -2.45. The number of urea groups is 1. The molecule has 0 bridgehead atoms. The third kappa shape index (κ3) is 4.16. The smallest absolute Gasteiger partial charge is 0.317 e. The molecule has 0 aromatic rings. The molecule has 1 unspecified atom stereocenters. The Kier molecular flexibility index (Phi) is 5.29. The molecule has 4 heteroatoms. The number of nitrogens with zero attached hydrogens (tertiary/aromatic N) is 2. The monoisotopic (exact) mass is 253 g/mol. The van der Waals surface area contributed by atoms with Gasteiger partial charge in [-0.05, 0) is 57.7 Å². The fourth-order valence-corrected chi connectivity index (χ4v) is 2.99. The Labute approximate surface area is 111 Å². The first-order chi connectivity index (χ1) is 8.75. The van der Waals surface area contributed by atoms with E-state index in [1.54, 1.807) is 0 Å². The van der Waals surface area contributed by atoms with Gasteiger partial charge in [0.25, 0.3) is 0 Å². The molecule has 4 nitrogen and oxygen atoms in total. The second-order valence-corrected chi connectivity index (χ2v) is 5.83. The summed E-state index contributed by atoms with van der Waals surface area (Å²) in [6.45, 7) is 8.54. The van der Waals surface area contributed by atoms with E-state index in [2.05, 4.69) is 17.1 Å². The Morgan fingerprint density at radius 2 is 2.00 bits per heavy atom. The maximum atomic E-state index is 11.9. The van der Waals surface area contributed by atoms with Crippen molar-refractivity contribution in [2.75, 3.05) is 39.3 Å². The molecule has 1 atom stereocenters. The van der Waals surface area contributed by atoms with E-state index in [9.17, 15) is 4.79 Å². The maximum absolute atomic E-state index is 11.9. The van der Waals surface area contributed by atoms with E-state index >= 15 is 0 Å². The zero-order valence-electron chi connectivity index (χ0n) is 11.7. The number of carbonyl (C=O) groups excluding carboxylic acids is 1. The lowest BCUT2D eigenvalue weighted by Gasteiger charge is -2.31. The molecule has 0 aromatic carbocycles. The molecule has 2 heterocycles. The highest BCUT2D eigenvalue weighted by atomic mass is 16.2. The van der Waals surface area contributed by atoms with E-state index in [1.165, 1.54) is 32.4 Å². The summed E-state index contributed by atoms with van der Waals surface area (Å²) in [6, 6.07) is 0.142. The first kappa shape index (κ1) is 13.7. The highest BCUT2D eigenvalue weighted by molar-refractivity contribution is 5.74. The maximum Gasteiger partial charge on any atom is 0.317 e. The molecular formula is C14H27N3O. The van der Waals surface area contributed by atoms with Gasteiger partial charge in [0.15, 0.2) is 0 Å². The number of rotatable bonds is 4. The van der Waals surface area contributed by atoms with Crippen LogP contribution >= 0.6 is 0 Å². The van der Waals surface area contributed by atoms with Gasteiger partial charge in [-0.15, -0.1) is 0 Å². The molecule has 0 spiro atoms. The number of piperidine rings is 1. The zero-order chi connectivity index (χ0) is 12.8. The van der Waals surface area contributed by atoms with Crippen LogP contribution in [-0.4, -0.2) is 55.1 Å². The summed E-state index contributed by atoms with van der Waals surface area (Å²) < 4.78 is 0. The average Bonchev–Trinajstić information content (AvgIpc) is 2.87. The first-order valence-corrected chi connectivity index (χ1v) is 7.51. The Bertz CT molecular complexity index is 264. The van der Waals surface area contributed by atoms with Gasteiger partial charge >= 0.3 is 6.03 Å². The van der Waals surface area contributed by atoms with Crippen LogP contribution in [0.5, 0.6) is 0 Å². The summed E-state index contributed by atoms with van der Waals surface area (Å²) in [5.41, 5.74) is 0. The molecule has 2 saturated heterocycles. The van der Waals surface area contributed by atoms with Crippen LogP contribution in [0.25, 0.3) is 0 Å². The number of hydrogen-bond donors (Lipinski definition) is 1. The molecule has 0 aliphatic carbocycles. The van der Waals surface area contributed by atoms with Crippen molar-refractivity contribution >= 4 is 6.03 Å². The van der Waals surface area contributed by atoms with E-state index in [0.29, 0.717) is 5.92 Å². The molecule has 1 N–H and O–H groups in total. The van der Waals surface area contributed by atoms with Crippen molar-refractivity contribution in [1.29, 1.82) is 0 Å². The Morgan fingerprint density at radius 3 is 2.72 bits per heavy atom. The largest absolute Gasteiger partial charge is 0.338 e.